The molecule has 27 heavy (non-hydrogen) atoms. The highest BCUT2D eigenvalue weighted by molar-refractivity contribution is 7.13. The number of hydrogen-bond donors (Lipinski definition) is 0. The maximum Gasteiger partial charge on any atom is 0.337 e. The number of carbonyl (C=O) groups excluding carboxylic acids is 1. The van der Waals surface area contributed by atoms with Gasteiger partial charge in [0.05, 0.1) is 12.7 Å². The van der Waals surface area contributed by atoms with E-state index in [1.165, 1.54) is 7.11 Å². The Morgan fingerprint density at radius 2 is 1.81 bits per heavy atom. The van der Waals surface area contributed by atoms with Gasteiger partial charge in [-0.2, -0.15) is 0 Å². The molecule has 0 radical (unpaired) electrons. The SMILES string of the molecule is COC(=O)c1cc(-c2cccs2)c2ccc(OCc3ccccc3)cc2c1. The van der Waals surface area contributed by atoms with E-state index in [1.54, 1.807) is 11.3 Å². The quantitative estimate of drug-likeness (QED) is 0.406. The van der Waals surface area contributed by atoms with E-state index in [2.05, 4.69) is 6.07 Å². The number of ether oxygens (including phenoxy) is 2. The summed E-state index contributed by atoms with van der Waals surface area (Å²) in [4.78, 5) is 13.2. The molecule has 4 aromatic rings. The second kappa shape index (κ2) is 7.64. The van der Waals surface area contributed by atoms with Crippen molar-refractivity contribution in [1.29, 1.82) is 0 Å². The third kappa shape index (κ3) is 3.71. The van der Waals surface area contributed by atoms with Gasteiger partial charge < -0.3 is 9.47 Å². The van der Waals surface area contributed by atoms with E-state index in [0.717, 1.165) is 32.5 Å². The van der Waals surface area contributed by atoms with Crippen LogP contribution >= 0.6 is 11.3 Å². The monoisotopic (exact) mass is 374 g/mol. The van der Waals surface area contributed by atoms with Gasteiger partial charge in [0.2, 0.25) is 0 Å². The van der Waals surface area contributed by atoms with Gasteiger partial charge in [-0.3, -0.25) is 0 Å². The molecule has 1 aromatic heterocycles. The molecule has 0 spiro atoms. The average Bonchev–Trinajstić information content (AvgIpc) is 3.26. The van der Waals surface area contributed by atoms with E-state index < -0.39 is 0 Å². The van der Waals surface area contributed by atoms with Crippen molar-refractivity contribution in [1.82, 2.24) is 0 Å². The van der Waals surface area contributed by atoms with Crippen molar-refractivity contribution in [2.75, 3.05) is 7.11 Å². The molecule has 0 aliphatic heterocycles. The van der Waals surface area contributed by atoms with E-state index in [9.17, 15) is 4.79 Å². The largest absolute Gasteiger partial charge is 0.489 e. The summed E-state index contributed by atoms with van der Waals surface area (Å²) in [5.41, 5.74) is 2.67. The lowest BCUT2D eigenvalue weighted by Crippen LogP contribution is -2.01. The highest BCUT2D eigenvalue weighted by Gasteiger charge is 2.13. The van der Waals surface area contributed by atoms with Gasteiger partial charge in [0.1, 0.15) is 12.4 Å². The summed E-state index contributed by atoms with van der Waals surface area (Å²) >= 11 is 1.65. The normalized spacial score (nSPS) is 10.7. The minimum Gasteiger partial charge on any atom is -0.489 e. The predicted molar refractivity (Wildman–Crippen MR) is 109 cm³/mol. The van der Waals surface area contributed by atoms with Crippen LogP contribution in [0.3, 0.4) is 0 Å². The fourth-order valence-electron chi connectivity index (χ4n) is 3.05. The second-order valence-corrected chi connectivity index (χ2v) is 7.10. The van der Waals surface area contributed by atoms with E-state index in [0.29, 0.717) is 12.2 Å². The van der Waals surface area contributed by atoms with E-state index in [1.807, 2.05) is 72.1 Å². The van der Waals surface area contributed by atoms with Crippen LogP contribution in [0.15, 0.2) is 78.2 Å². The zero-order chi connectivity index (χ0) is 18.6. The topological polar surface area (TPSA) is 35.5 Å². The maximum atomic E-state index is 12.1. The Hall–Kier alpha value is -3.11. The molecule has 0 atom stereocenters. The minimum atomic E-state index is -0.342. The zero-order valence-corrected chi connectivity index (χ0v) is 15.7. The standard InChI is InChI=1S/C23H18O3S/c1-25-23(24)18-12-17-13-19(26-15-16-6-3-2-4-7-16)9-10-20(17)21(14-18)22-8-5-11-27-22/h2-14H,15H2,1H3. The molecule has 0 amide bonds. The summed E-state index contributed by atoms with van der Waals surface area (Å²) in [6, 6.07) is 23.8. The van der Waals surface area contributed by atoms with Crippen LogP contribution in [0, 0.1) is 0 Å². The summed E-state index contributed by atoms with van der Waals surface area (Å²) in [6.45, 7) is 0.501. The summed E-state index contributed by atoms with van der Waals surface area (Å²) < 4.78 is 10.9. The lowest BCUT2D eigenvalue weighted by Gasteiger charge is -2.11. The van der Waals surface area contributed by atoms with Crippen LogP contribution in [0.4, 0.5) is 0 Å². The third-order valence-electron chi connectivity index (χ3n) is 4.38. The summed E-state index contributed by atoms with van der Waals surface area (Å²) in [5, 5.41) is 4.06. The van der Waals surface area contributed by atoms with Gasteiger partial charge in [-0.15, -0.1) is 11.3 Å². The summed E-state index contributed by atoms with van der Waals surface area (Å²) in [7, 11) is 1.40. The van der Waals surface area contributed by atoms with Crippen LogP contribution in [0.25, 0.3) is 21.2 Å². The molecule has 0 aliphatic rings. The first-order valence-corrected chi connectivity index (χ1v) is 9.49. The van der Waals surface area contributed by atoms with Crippen LogP contribution in [-0.4, -0.2) is 13.1 Å². The zero-order valence-electron chi connectivity index (χ0n) is 14.8. The van der Waals surface area contributed by atoms with Gasteiger partial charge in [0, 0.05) is 10.4 Å². The van der Waals surface area contributed by atoms with Gasteiger partial charge in [-0.1, -0.05) is 42.5 Å². The van der Waals surface area contributed by atoms with Crippen LogP contribution < -0.4 is 4.74 Å². The lowest BCUT2D eigenvalue weighted by molar-refractivity contribution is 0.0601. The first kappa shape index (κ1) is 17.3. The molecule has 134 valence electrons. The third-order valence-corrected chi connectivity index (χ3v) is 5.28. The first-order valence-electron chi connectivity index (χ1n) is 8.61. The molecule has 0 unspecified atom stereocenters. The summed E-state index contributed by atoms with van der Waals surface area (Å²) in [6.07, 6.45) is 0. The van der Waals surface area contributed by atoms with Crippen molar-refractivity contribution in [3.63, 3.8) is 0 Å². The van der Waals surface area contributed by atoms with Gasteiger partial charge in [-0.25, -0.2) is 4.79 Å². The Morgan fingerprint density at radius 1 is 0.963 bits per heavy atom. The number of thiophene rings is 1. The molecule has 1 heterocycles. The minimum absolute atomic E-state index is 0.342. The van der Waals surface area contributed by atoms with Gasteiger partial charge in [0.25, 0.3) is 0 Å². The lowest BCUT2D eigenvalue weighted by atomic mass is 9.99. The van der Waals surface area contributed by atoms with E-state index in [-0.39, 0.29) is 5.97 Å². The van der Waals surface area contributed by atoms with E-state index in [4.69, 9.17) is 9.47 Å². The molecule has 3 nitrogen and oxygen atoms in total. The molecule has 4 heteroatoms. The summed E-state index contributed by atoms with van der Waals surface area (Å²) in [5.74, 6) is 0.427. The average molecular weight is 374 g/mol. The number of rotatable bonds is 5. The smallest absolute Gasteiger partial charge is 0.337 e. The second-order valence-electron chi connectivity index (χ2n) is 6.15. The highest BCUT2D eigenvalue weighted by atomic mass is 32.1. The van der Waals surface area contributed by atoms with Crippen molar-refractivity contribution in [3.05, 3.63) is 89.3 Å². The molecular weight excluding hydrogens is 356 g/mol. The molecule has 0 fully saturated rings. The van der Waals surface area contributed by atoms with Crippen molar-refractivity contribution in [2.24, 2.45) is 0 Å². The van der Waals surface area contributed by atoms with Gasteiger partial charge >= 0.3 is 5.97 Å². The Balaban J connectivity index is 1.74. The number of fused-ring (bicyclic) bond motifs is 1. The van der Waals surface area contributed by atoms with Gasteiger partial charge in [-0.05, 0) is 52.0 Å². The maximum absolute atomic E-state index is 12.1. The number of benzene rings is 3. The van der Waals surface area contributed by atoms with Crippen molar-refractivity contribution in [3.8, 4) is 16.2 Å². The molecule has 0 aliphatic carbocycles. The molecule has 3 aromatic carbocycles. The van der Waals surface area contributed by atoms with Crippen LogP contribution in [0.5, 0.6) is 5.75 Å². The molecule has 0 bridgehead atoms. The number of hydrogen-bond acceptors (Lipinski definition) is 4. The number of carbonyl (C=O) groups is 1. The highest BCUT2D eigenvalue weighted by Crippen LogP contribution is 2.35. The Kier molecular flexibility index (Phi) is 4.90. The van der Waals surface area contributed by atoms with Crippen molar-refractivity contribution >= 4 is 28.1 Å². The molecule has 0 saturated carbocycles. The fourth-order valence-corrected chi connectivity index (χ4v) is 3.81. The molecule has 0 N–H and O–H groups in total. The van der Waals surface area contributed by atoms with Crippen molar-refractivity contribution in [2.45, 2.75) is 6.61 Å². The van der Waals surface area contributed by atoms with Gasteiger partial charge in [0.15, 0.2) is 0 Å². The number of methoxy groups -OCH3 is 1. The van der Waals surface area contributed by atoms with Crippen LogP contribution in [0.1, 0.15) is 15.9 Å². The Labute approximate surface area is 161 Å². The van der Waals surface area contributed by atoms with Crippen molar-refractivity contribution < 1.29 is 14.3 Å². The van der Waals surface area contributed by atoms with Crippen LogP contribution in [0.2, 0.25) is 0 Å². The van der Waals surface area contributed by atoms with Crippen LogP contribution in [-0.2, 0) is 11.3 Å². The molecule has 4 rings (SSSR count). The first-order chi connectivity index (χ1) is 13.2. The number of esters is 1. The predicted octanol–water partition coefficient (Wildman–Crippen LogP) is 5.93. The molecular formula is C23H18O3S. The fraction of sp³-hybridized carbons (Fsp3) is 0.0870. The Morgan fingerprint density at radius 3 is 2.56 bits per heavy atom. The Bertz CT molecular complexity index is 1070. The van der Waals surface area contributed by atoms with E-state index >= 15 is 0 Å². The molecule has 0 saturated heterocycles.